The largest absolute Gasteiger partial charge is 0.377 e. The van der Waals surface area contributed by atoms with Crippen LogP contribution >= 0.6 is 0 Å². The molecule has 1 amide bonds. The minimum atomic E-state index is -1.62. The van der Waals surface area contributed by atoms with Crippen LogP contribution in [0.3, 0.4) is 0 Å². The van der Waals surface area contributed by atoms with E-state index in [2.05, 4.69) is 27.1 Å². The molecule has 2 N–H and O–H groups in total. The molecule has 0 bridgehead atoms. The van der Waals surface area contributed by atoms with E-state index in [0.717, 1.165) is 16.8 Å². The van der Waals surface area contributed by atoms with E-state index in [0.29, 0.717) is 43.1 Å². The van der Waals surface area contributed by atoms with E-state index in [1.54, 1.807) is 7.05 Å². The number of amides is 1. The van der Waals surface area contributed by atoms with Crippen LogP contribution in [0.4, 0.5) is 5.82 Å². The number of aromatic nitrogens is 3. The smallest absolute Gasteiger partial charge is 0.267 e. The standard InChI is InChI=1S/C23H21N5O3/c1-28-10-9-23(30,22(28)29)8-7-15-3-2-4-16(11-15)18-5-6-19-20(27-18)21(25-14-24-19)26-17-12-31-13-17/h2-6,11,14,17,30H,9-10,12-13H2,1H3,(H,24,25,26)/t23-/m0/s1. The Kier molecular flexibility index (Phi) is 4.77. The molecule has 156 valence electrons. The molecule has 1 atom stereocenters. The third-order valence-electron chi connectivity index (χ3n) is 5.54. The Morgan fingerprint density at radius 3 is 2.87 bits per heavy atom. The van der Waals surface area contributed by atoms with E-state index in [1.165, 1.54) is 11.2 Å². The first kappa shape index (κ1) is 19.4. The van der Waals surface area contributed by atoms with Crippen molar-refractivity contribution >= 4 is 22.8 Å². The number of hydrogen-bond acceptors (Lipinski definition) is 7. The van der Waals surface area contributed by atoms with Crippen LogP contribution in [0.25, 0.3) is 22.3 Å². The van der Waals surface area contributed by atoms with Crippen molar-refractivity contribution in [3.05, 3.63) is 48.3 Å². The summed E-state index contributed by atoms with van der Waals surface area (Å²) in [7, 11) is 1.67. The molecule has 2 aliphatic rings. The summed E-state index contributed by atoms with van der Waals surface area (Å²) in [6.07, 6.45) is 1.83. The van der Waals surface area contributed by atoms with Gasteiger partial charge in [-0.2, -0.15) is 0 Å². The molecule has 0 unspecified atom stereocenters. The summed E-state index contributed by atoms with van der Waals surface area (Å²) in [4.78, 5) is 27.1. The van der Waals surface area contributed by atoms with Crippen molar-refractivity contribution in [2.24, 2.45) is 0 Å². The zero-order valence-electron chi connectivity index (χ0n) is 17.0. The van der Waals surface area contributed by atoms with E-state index in [1.807, 2.05) is 36.4 Å². The number of nitrogens with one attached hydrogen (secondary N) is 1. The maximum atomic E-state index is 12.1. The van der Waals surface area contributed by atoms with E-state index < -0.39 is 5.60 Å². The second-order valence-electron chi connectivity index (χ2n) is 7.83. The molecule has 0 aliphatic carbocycles. The molecular weight excluding hydrogens is 394 g/mol. The second kappa shape index (κ2) is 7.61. The lowest BCUT2D eigenvalue weighted by Gasteiger charge is -2.27. The summed E-state index contributed by atoms with van der Waals surface area (Å²) in [5.74, 6) is 6.04. The quantitative estimate of drug-likeness (QED) is 0.625. The summed E-state index contributed by atoms with van der Waals surface area (Å²) in [5.41, 5.74) is 2.16. The lowest BCUT2D eigenvalue weighted by atomic mass is 10.0. The van der Waals surface area contributed by atoms with Gasteiger partial charge in [0.25, 0.3) is 5.91 Å². The van der Waals surface area contributed by atoms with Gasteiger partial charge in [-0.1, -0.05) is 24.0 Å². The molecule has 1 aromatic carbocycles. The van der Waals surface area contributed by atoms with E-state index >= 15 is 0 Å². The van der Waals surface area contributed by atoms with E-state index in [9.17, 15) is 9.90 Å². The Morgan fingerprint density at radius 1 is 1.26 bits per heavy atom. The van der Waals surface area contributed by atoms with Crippen molar-refractivity contribution in [3.8, 4) is 23.1 Å². The normalized spacial score (nSPS) is 21.0. The summed E-state index contributed by atoms with van der Waals surface area (Å²) >= 11 is 0. The second-order valence-corrected chi connectivity index (χ2v) is 7.83. The van der Waals surface area contributed by atoms with Crippen LogP contribution in [0.15, 0.2) is 42.7 Å². The summed E-state index contributed by atoms with van der Waals surface area (Å²) in [6.45, 7) is 1.80. The Morgan fingerprint density at radius 2 is 2.13 bits per heavy atom. The number of likely N-dealkylation sites (N-methyl/N-ethyl adjacent to an activating group) is 1. The molecule has 31 heavy (non-hydrogen) atoms. The molecular formula is C23H21N5O3. The minimum absolute atomic E-state index is 0.227. The molecule has 3 aromatic rings. The van der Waals surface area contributed by atoms with Gasteiger partial charge in [0.1, 0.15) is 11.8 Å². The minimum Gasteiger partial charge on any atom is -0.377 e. The number of fused-ring (bicyclic) bond motifs is 1. The van der Waals surface area contributed by atoms with E-state index in [-0.39, 0.29) is 11.9 Å². The van der Waals surface area contributed by atoms with Gasteiger partial charge in [-0.15, -0.1) is 0 Å². The highest BCUT2D eigenvalue weighted by atomic mass is 16.5. The Hall–Kier alpha value is -3.54. The van der Waals surface area contributed by atoms with Crippen molar-refractivity contribution in [2.45, 2.75) is 18.1 Å². The Bertz CT molecular complexity index is 1230. The number of carbonyl (C=O) groups excluding carboxylic acids is 1. The Balaban J connectivity index is 1.46. The van der Waals surface area contributed by atoms with Crippen molar-refractivity contribution in [3.63, 3.8) is 0 Å². The fourth-order valence-electron chi connectivity index (χ4n) is 3.62. The molecule has 8 heteroatoms. The SMILES string of the molecule is CN1CC[C@@](O)(C#Cc2cccc(-c3ccc4ncnc(NC5COC5)c4n3)c2)C1=O. The van der Waals surface area contributed by atoms with Crippen LogP contribution in [0, 0.1) is 11.8 Å². The molecule has 8 nitrogen and oxygen atoms in total. The van der Waals surface area contributed by atoms with Crippen LogP contribution in [0.2, 0.25) is 0 Å². The van der Waals surface area contributed by atoms with Crippen LogP contribution in [-0.2, 0) is 9.53 Å². The lowest BCUT2D eigenvalue weighted by Crippen LogP contribution is -2.40. The van der Waals surface area contributed by atoms with Gasteiger partial charge in [0.2, 0.25) is 5.60 Å². The fourth-order valence-corrected chi connectivity index (χ4v) is 3.62. The lowest BCUT2D eigenvalue weighted by molar-refractivity contribution is -0.137. The number of benzene rings is 1. The van der Waals surface area contributed by atoms with Crippen LogP contribution in [-0.4, -0.2) is 69.3 Å². The molecule has 2 aromatic heterocycles. The number of anilines is 1. The number of rotatable bonds is 3. The maximum absolute atomic E-state index is 12.1. The zero-order valence-corrected chi connectivity index (χ0v) is 17.0. The summed E-state index contributed by atoms with van der Waals surface area (Å²) in [5, 5.41) is 13.9. The number of likely N-dealkylation sites (tertiary alicyclic amines) is 1. The summed E-state index contributed by atoms with van der Waals surface area (Å²) < 4.78 is 5.22. The molecule has 2 aliphatic heterocycles. The Labute approximate surface area is 179 Å². The topological polar surface area (TPSA) is 100 Å². The highest BCUT2D eigenvalue weighted by Gasteiger charge is 2.42. The average Bonchev–Trinajstić information content (AvgIpc) is 3.02. The molecule has 0 spiro atoms. The molecule has 2 fully saturated rings. The van der Waals surface area contributed by atoms with Crippen molar-refractivity contribution < 1.29 is 14.6 Å². The number of ether oxygens (including phenoxy) is 1. The first-order valence-electron chi connectivity index (χ1n) is 10.1. The van der Waals surface area contributed by atoms with Gasteiger partial charge in [-0.05, 0) is 24.3 Å². The molecule has 0 radical (unpaired) electrons. The number of carbonyl (C=O) groups is 1. The van der Waals surface area contributed by atoms with Gasteiger partial charge < -0.3 is 20.1 Å². The number of pyridine rings is 1. The highest BCUT2D eigenvalue weighted by molar-refractivity contribution is 5.90. The number of hydrogen-bond donors (Lipinski definition) is 2. The maximum Gasteiger partial charge on any atom is 0.267 e. The van der Waals surface area contributed by atoms with Gasteiger partial charge in [-0.25, -0.2) is 15.0 Å². The average molecular weight is 415 g/mol. The molecule has 2 saturated heterocycles. The first-order chi connectivity index (χ1) is 15.0. The predicted octanol–water partition coefficient (Wildman–Crippen LogP) is 1.45. The molecule has 0 saturated carbocycles. The van der Waals surface area contributed by atoms with Crippen LogP contribution in [0.5, 0.6) is 0 Å². The van der Waals surface area contributed by atoms with Crippen LogP contribution in [0.1, 0.15) is 12.0 Å². The van der Waals surface area contributed by atoms with Crippen LogP contribution < -0.4 is 5.32 Å². The number of nitrogens with zero attached hydrogens (tertiary/aromatic N) is 4. The van der Waals surface area contributed by atoms with Crippen molar-refractivity contribution in [1.82, 2.24) is 19.9 Å². The summed E-state index contributed by atoms with van der Waals surface area (Å²) in [6, 6.07) is 11.6. The third kappa shape index (κ3) is 3.69. The fraction of sp³-hybridized carbons (Fsp3) is 0.304. The monoisotopic (exact) mass is 415 g/mol. The van der Waals surface area contributed by atoms with Gasteiger partial charge in [0.15, 0.2) is 5.82 Å². The highest BCUT2D eigenvalue weighted by Crippen LogP contribution is 2.25. The van der Waals surface area contributed by atoms with Gasteiger partial charge >= 0.3 is 0 Å². The van der Waals surface area contributed by atoms with Gasteiger partial charge in [-0.3, -0.25) is 4.79 Å². The molecule has 5 rings (SSSR count). The number of aliphatic hydroxyl groups is 1. The van der Waals surface area contributed by atoms with Gasteiger partial charge in [0.05, 0.1) is 30.5 Å². The van der Waals surface area contributed by atoms with E-state index in [4.69, 9.17) is 9.72 Å². The third-order valence-corrected chi connectivity index (χ3v) is 5.54. The first-order valence-corrected chi connectivity index (χ1v) is 10.1. The predicted molar refractivity (Wildman–Crippen MR) is 115 cm³/mol. The van der Waals surface area contributed by atoms with Gasteiger partial charge in [0, 0.05) is 31.1 Å². The van der Waals surface area contributed by atoms with Crippen molar-refractivity contribution in [2.75, 3.05) is 32.1 Å². The zero-order chi connectivity index (χ0) is 21.4. The van der Waals surface area contributed by atoms with Crippen molar-refractivity contribution in [1.29, 1.82) is 0 Å². The molecule has 4 heterocycles.